The number of hydrogen-bond acceptors (Lipinski definition) is 3. The smallest absolute Gasteiger partial charge is 0.0762 e. The van der Waals surface area contributed by atoms with Gasteiger partial charge in [0.2, 0.25) is 0 Å². The molecule has 0 radical (unpaired) electrons. The molecule has 0 saturated carbocycles. The van der Waals surface area contributed by atoms with E-state index in [1.165, 1.54) is 24.7 Å². The summed E-state index contributed by atoms with van der Waals surface area (Å²) in [6.07, 6.45) is 0. The summed E-state index contributed by atoms with van der Waals surface area (Å²) < 4.78 is 2.36. The van der Waals surface area contributed by atoms with Crippen molar-refractivity contribution in [1.82, 2.24) is 5.32 Å². The lowest BCUT2D eigenvalue weighted by Crippen LogP contribution is -2.20. The van der Waals surface area contributed by atoms with Crippen LogP contribution in [0.2, 0.25) is 0 Å². The molecule has 2 heterocycles. The SMILES string of the molecule is CCNC(c1cc(C)c(C)s1)c1cc(Br)sc1Br. The summed E-state index contributed by atoms with van der Waals surface area (Å²) in [5, 5.41) is 3.58. The molecular weight excluding hydrogens is 394 g/mol. The minimum absolute atomic E-state index is 0.282. The third-order valence-corrected chi connectivity index (χ3v) is 6.48. The van der Waals surface area contributed by atoms with Crippen LogP contribution in [0.25, 0.3) is 0 Å². The van der Waals surface area contributed by atoms with Gasteiger partial charge in [-0.3, -0.25) is 0 Å². The second kappa shape index (κ2) is 6.18. The Hall–Kier alpha value is 0.320. The van der Waals surface area contributed by atoms with E-state index in [4.69, 9.17) is 0 Å². The van der Waals surface area contributed by atoms with Crippen molar-refractivity contribution in [2.24, 2.45) is 0 Å². The van der Waals surface area contributed by atoms with Crippen molar-refractivity contribution in [2.75, 3.05) is 6.54 Å². The van der Waals surface area contributed by atoms with Crippen molar-refractivity contribution < 1.29 is 0 Å². The Labute approximate surface area is 133 Å². The molecule has 0 aliphatic heterocycles. The van der Waals surface area contributed by atoms with Crippen molar-refractivity contribution in [2.45, 2.75) is 26.8 Å². The van der Waals surface area contributed by atoms with Gasteiger partial charge >= 0.3 is 0 Å². The third kappa shape index (κ3) is 3.07. The highest BCUT2D eigenvalue weighted by molar-refractivity contribution is 9.12. The zero-order valence-electron chi connectivity index (χ0n) is 10.5. The van der Waals surface area contributed by atoms with Gasteiger partial charge in [0, 0.05) is 15.3 Å². The van der Waals surface area contributed by atoms with Crippen LogP contribution in [0, 0.1) is 13.8 Å². The zero-order chi connectivity index (χ0) is 13.3. The molecule has 1 nitrogen and oxygen atoms in total. The molecule has 1 atom stereocenters. The molecule has 0 aliphatic carbocycles. The van der Waals surface area contributed by atoms with E-state index in [1.807, 2.05) is 11.3 Å². The maximum absolute atomic E-state index is 3.66. The molecule has 0 aromatic carbocycles. The van der Waals surface area contributed by atoms with Gasteiger partial charge in [0.25, 0.3) is 0 Å². The standard InChI is InChI=1S/C13H15Br2NS2/c1-4-16-12(9-6-11(14)18-13(9)15)10-5-7(2)8(3)17-10/h5-6,12,16H,4H2,1-3H3. The first kappa shape index (κ1) is 14.7. The maximum atomic E-state index is 3.66. The van der Waals surface area contributed by atoms with E-state index in [0.717, 1.165) is 10.3 Å². The van der Waals surface area contributed by atoms with Crippen LogP contribution in [0.15, 0.2) is 19.7 Å². The number of halogens is 2. The van der Waals surface area contributed by atoms with E-state index >= 15 is 0 Å². The van der Waals surface area contributed by atoms with Crippen LogP contribution < -0.4 is 5.32 Å². The molecule has 0 amide bonds. The van der Waals surface area contributed by atoms with Gasteiger partial charge in [-0.2, -0.15) is 0 Å². The van der Waals surface area contributed by atoms with Gasteiger partial charge in [0.1, 0.15) is 0 Å². The Morgan fingerprint density at radius 1 is 1.22 bits per heavy atom. The van der Waals surface area contributed by atoms with Crippen LogP contribution in [0.1, 0.15) is 33.8 Å². The van der Waals surface area contributed by atoms with Crippen molar-refractivity contribution in [3.8, 4) is 0 Å². The monoisotopic (exact) mass is 407 g/mol. The Morgan fingerprint density at radius 2 is 1.94 bits per heavy atom. The van der Waals surface area contributed by atoms with Crippen molar-refractivity contribution in [3.63, 3.8) is 0 Å². The molecule has 2 rings (SSSR count). The van der Waals surface area contributed by atoms with Crippen LogP contribution in [-0.4, -0.2) is 6.54 Å². The van der Waals surface area contributed by atoms with Gasteiger partial charge < -0.3 is 5.32 Å². The van der Waals surface area contributed by atoms with E-state index in [9.17, 15) is 0 Å². The van der Waals surface area contributed by atoms with Gasteiger partial charge in [-0.05, 0) is 69.9 Å². The summed E-state index contributed by atoms with van der Waals surface area (Å²) in [6.45, 7) is 7.47. The first-order valence-corrected chi connectivity index (χ1v) is 8.99. The molecule has 1 unspecified atom stereocenters. The molecule has 5 heteroatoms. The molecular formula is C13H15Br2NS2. The quantitative estimate of drug-likeness (QED) is 0.688. The predicted molar refractivity (Wildman–Crippen MR) is 89.0 cm³/mol. The number of rotatable bonds is 4. The van der Waals surface area contributed by atoms with E-state index < -0.39 is 0 Å². The van der Waals surface area contributed by atoms with Crippen LogP contribution >= 0.6 is 54.5 Å². The summed E-state index contributed by atoms with van der Waals surface area (Å²) >= 11 is 10.8. The largest absolute Gasteiger partial charge is 0.306 e. The van der Waals surface area contributed by atoms with Crippen molar-refractivity contribution in [3.05, 3.63) is 40.6 Å². The fraction of sp³-hybridized carbons (Fsp3) is 0.385. The highest BCUT2D eigenvalue weighted by Crippen LogP contribution is 2.40. The molecule has 98 valence electrons. The normalized spacial score (nSPS) is 12.9. The molecule has 0 fully saturated rings. The molecule has 0 spiro atoms. The summed E-state index contributed by atoms with van der Waals surface area (Å²) in [4.78, 5) is 2.79. The second-order valence-electron chi connectivity index (χ2n) is 4.16. The minimum atomic E-state index is 0.282. The van der Waals surface area contributed by atoms with Crippen LogP contribution in [-0.2, 0) is 0 Å². The van der Waals surface area contributed by atoms with Gasteiger partial charge in [0.15, 0.2) is 0 Å². The molecule has 0 aliphatic rings. The van der Waals surface area contributed by atoms with E-state index in [0.29, 0.717) is 0 Å². The molecule has 1 N–H and O–H groups in total. The molecule has 0 saturated heterocycles. The van der Waals surface area contributed by atoms with Crippen LogP contribution in [0.3, 0.4) is 0 Å². The van der Waals surface area contributed by atoms with Crippen LogP contribution in [0.5, 0.6) is 0 Å². The highest BCUT2D eigenvalue weighted by atomic mass is 79.9. The minimum Gasteiger partial charge on any atom is -0.306 e. The van der Waals surface area contributed by atoms with E-state index in [-0.39, 0.29) is 6.04 Å². The number of nitrogens with one attached hydrogen (secondary N) is 1. The van der Waals surface area contributed by atoms with Crippen LogP contribution in [0.4, 0.5) is 0 Å². The highest BCUT2D eigenvalue weighted by Gasteiger charge is 2.20. The number of aryl methyl sites for hydroxylation is 2. The van der Waals surface area contributed by atoms with Gasteiger partial charge in [-0.25, -0.2) is 0 Å². The van der Waals surface area contributed by atoms with E-state index in [2.05, 4.69) is 70.1 Å². The second-order valence-corrected chi connectivity index (χ2v) is 9.20. The fourth-order valence-corrected chi connectivity index (χ4v) is 5.90. The molecule has 0 bridgehead atoms. The lowest BCUT2D eigenvalue weighted by molar-refractivity contribution is 0.639. The zero-order valence-corrected chi connectivity index (χ0v) is 15.3. The average Bonchev–Trinajstić information content (AvgIpc) is 2.79. The molecule has 2 aromatic heterocycles. The maximum Gasteiger partial charge on any atom is 0.0762 e. The molecule has 2 aromatic rings. The first-order chi connectivity index (χ1) is 8.52. The number of hydrogen-bond donors (Lipinski definition) is 1. The Kier molecular flexibility index (Phi) is 5.06. The lowest BCUT2D eigenvalue weighted by atomic mass is 10.1. The Bertz CT molecular complexity index is 526. The van der Waals surface area contributed by atoms with E-state index in [1.54, 1.807) is 11.3 Å². The Morgan fingerprint density at radius 3 is 2.39 bits per heavy atom. The summed E-state index contributed by atoms with van der Waals surface area (Å²) in [5.74, 6) is 0. The van der Waals surface area contributed by atoms with Gasteiger partial charge in [0.05, 0.1) is 13.6 Å². The summed E-state index contributed by atoms with van der Waals surface area (Å²) in [5.41, 5.74) is 2.69. The van der Waals surface area contributed by atoms with Gasteiger partial charge in [-0.15, -0.1) is 22.7 Å². The topological polar surface area (TPSA) is 12.0 Å². The number of thiophene rings is 2. The lowest BCUT2D eigenvalue weighted by Gasteiger charge is -2.16. The molecule has 18 heavy (non-hydrogen) atoms. The predicted octanol–water partition coefficient (Wildman–Crippen LogP) is 5.65. The Balaban J connectivity index is 2.42. The summed E-state index contributed by atoms with van der Waals surface area (Å²) in [6, 6.07) is 4.78. The average molecular weight is 409 g/mol. The fourth-order valence-electron chi connectivity index (χ4n) is 1.86. The third-order valence-electron chi connectivity index (χ3n) is 2.87. The summed E-state index contributed by atoms with van der Waals surface area (Å²) in [7, 11) is 0. The van der Waals surface area contributed by atoms with Crippen molar-refractivity contribution >= 4 is 54.5 Å². The van der Waals surface area contributed by atoms with Gasteiger partial charge in [-0.1, -0.05) is 6.92 Å². The van der Waals surface area contributed by atoms with Crippen molar-refractivity contribution in [1.29, 1.82) is 0 Å². The first-order valence-electron chi connectivity index (χ1n) is 5.78.